The number of anilines is 1. The SMILES string of the molecule is CCOC(=O)c1c(NC(=O)c2ccc(COc3ccccc3OC)o2)sc(C)c1C. The maximum atomic E-state index is 12.6. The summed E-state index contributed by atoms with van der Waals surface area (Å²) in [6.07, 6.45) is 0. The topological polar surface area (TPSA) is 87.0 Å². The van der Waals surface area contributed by atoms with Gasteiger partial charge in [0.1, 0.15) is 17.4 Å². The van der Waals surface area contributed by atoms with Crippen LogP contribution in [-0.4, -0.2) is 25.6 Å². The number of hydrogen-bond acceptors (Lipinski definition) is 7. The third-order valence-corrected chi connectivity index (χ3v) is 5.54. The number of benzene rings is 1. The fourth-order valence-electron chi connectivity index (χ4n) is 2.79. The van der Waals surface area contributed by atoms with Gasteiger partial charge in [-0.3, -0.25) is 4.79 Å². The van der Waals surface area contributed by atoms with E-state index in [0.29, 0.717) is 27.8 Å². The van der Waals surface area contributed by atoms with Crippen molar-refractivity contribution in [3.05, 3.63) is 63.9 Å². The van der Waals surface area contributed by atoms with Crippen LogP contribution in [0.15, 0.2) is 40.8 Å². The third-order valence-electron chi connectivity index (χ3n) is 4.42. The Balaban J connectivity index is 1.70. The number of para-hydroxylation sites is 2. The number of methoxy groups -OCH3 is 1. The molecule has 7 nitrogen and oxygen atoms in total. The summed E-state index contributed by atoms with van der Waals surface area (Å²) in [5, 5.41) is 3.20. The number of hydrogen-bond donors (Lipinski definition) is 1. The Morgan fingerprint density at radius 2 is 1.83 bits per heavy atom. The molecule has 3 rings (SSSR count). The van der Waals surface area contributed by atoms with Gasteiger partial charge in [0.15, 0.2) is 17.3 Å². The van der Waals surface area contributed by atoms with Gasteiger partial charge >= 0.3 is 5.97 Å². The molecule has 0 aliphatic carbocycles. The molecule has 2 heterocycles. The molecule has 0 aliphatic heterocycles. The average molecular weight is 429 g/mol. The van der Waals surface area contributed by atoms with Gasteiger partial charge in [0.25, 0.3) is 5.91 Å². The van der Waals surface area contributed by atoms with Gasteiger partial charge < -0.3 is 23.9 Å². The summed E-state index contributed by atoms with van der Waals surface area (Å²) in [5.74, 6) is 0.871. The first-order valence-corrected chi connectivity index (χ1v) is 10.2. The lowest BCUT2D eigenvalue weighted by atomic mass is 10.1. The minimum absolute atomic E-state index is 0.118. The maximum Gasteiger partial charge on any atom is 0.341 e. The Hall–Kier alpha value is -3.26. The van der Waals surface area contributed by atoms with Crippen molar-refractivity contribution in [2.45, 2.75) is 27.4 Å². The van der Waals surface area contributed by atoms with Crippen LogP contribution >= 0.6 is 11.3 Å². The van der Waals surface area contributed by atoms with Crippen LogP contribution in [0.25, 0.3) is 0 Å². The fraction of sp³-hybridized carbons (Fsp3) is 0.273. The van der Waals surface area contributed by atoms with Crippen molar-refractivity contribution in [3.63, 3.8) is 0 Å². The summed E-state index contributed by atoms with van der Waals surface area (Å²) < 4.78 is 21.7. The Labute approximate surface area is 178 Å². The quantitative estimate of drug-likeness (QED) is 0.509. The number of nitrogens with one attached hydrogen (secondary N) is 1. The number of amides is 1. The minimum Gasteiger partial charge on any atom is -0.493 e. The molecule has 0 aliphatic rings. The lowest BCUT2D eigenvalue weighted by molar-refractivity contribution is 0.0527. The number of thiophene rings is 1. The van der Waals surface area contributed by atoms with E-state index in [1.54, 1.807) is 38.3 Å². The predicted octanol–water partition coefficient (Wildman–Crippen LogP) is 4.97. The second-order valence-corrected chi connectivity index (χ2v) is 7.59. The first kappa shape index (κ1) is 21.4. The Kier molecular flexibility index (Phi) is 6.79. The van der Waals surface area contributed by atoms with E-state index >= 15 is 0 Å². The van der Waals surface area contributed by atoms with Crippen molar-refractivity contribution < 1.29 is 28.2 Å². The molecule has 0 spiro atoms. The van der Waals surface area contributed by atoms with E-state index in [0.717, 1.165) is 10.4 Å². The molecule has 0 saturated carbocycles. The molecule has 0 unspecified atom stereocenters. The molecule has 1 amide bonds. The number of rotatable bonds is 8. The van der Waals surface area contributed by atoms with Gasteiger partial charge in [0, 0.05) is 4.88 Å². The van der Waals surface area contributed by atoms with Gasteiger partial charge in [0.05, 0.1) is 19.3 Å². The Morgan fingerprint density at radius 1 is 1.10 bits per heavy atom. The third kappa shape index (κ3) is 4.65. The van der Waals surface area contributed by atoms with E-state index in [9.17, 15) is 9.59 Å². The molecular weight excluding hydrogens is 406 g/mol. The number of ether oxygens (including phenoxy) is 3. The average Bonchev–Trinajstić information content (AvgIpc) is 3.31. The summed E-state index contributed by atoms with van der Waals surface area (Å²) in [6, 6.07) is 10.5. The number of aryl methyl sites for hydroxylation is 1. The van der Waals surface area contributed by atoms with Crippen LogP contribution in [0, 0.1) is 13.8 Å². The van der Waals surface area contributed by atoms with Crippen LogP contribution in [0.2, 0.25) is 0 Å². The molecule has 0 radical (unpaired) electrons. The van der Waals surface area contributed by atoms with Crippen molar-refractivity contribution in [1.29, 1.82) is 0 Å². The molecule has 1 aromatic carbocycles. The van der Waals surface area contributed by atoms with Crippen LogP contribution in [0.5, 0.6) is 11.5 Å². The van der Waals surface area contributed by atoms with Gasteiger partial charge in [0.2, 0.25) is 0 Å². The second-order valence-electron chi connectivity index (χ2n) is 6.37. The highest BCUT2D eigenvalue weighted by atomic mass is 32.1. The second kappa shape index (κ2) is 9.49. The van der Waals surface area contributed by atoms with Crippen LogP contribution < -0.4 is 14.8 Å². The van der Waals surface area contributed by atoms with Crippen molar-refractivity contribution in [1.82, 2.24) is 0 Å². The Morgan fingerprint density at radius 3 is 2.53 bits per heavy atom. The number of carbonyl (C=O) groups is 2. The number of carbonyl (C=O) groups excluding carboxylic acids is 2. The molecular formula is C22H23NO6S. The van der Waals surface area contributed by atoms with E-state index in [1.165, 1.54) is 11.3 Å². The van der Waals surface area contributed by atoms with Crippen LogP contribution in [0.3, 0.4) is 0 Å². The van der Waals surface area contributed by atoms with Gasteiger partial charge in [-0.25, -0.2) is 4.79 Å². The van der Waals surface area contributed by atoms with Gasteiger partial charge in [-0.15, -0.1) is 11.3 Å². The first-order valence-electron chi connectivity index (χ1n) is 9.37. The summed E-state index contributed by atoms with van der Waals surface area (Å²) in [6.45, 7) is 5.85. The highest BCUT2D eigenvalue weighted by molar-refractivity contribution is 7.16. The maximum absolute atomic E-state index is 12.6. The molecule has 30 heavy (non-hydrogen) atoms. The lowest BCUT2D eigenvalue weighted by Crippen LogP contribution is -2.14. The zero-order valence-electron chi connectivity index (χ0n) is 17.2. The molecule has 158 valence electrons. The zero-order valence-corrected chi connectivity index (χ0v) is 18.1. The normalized spacial score (nSPS) is 10.5. The van der Waals surface area contributed by atoms with Crippen LogP contribution in [0.1, 0.15) is 44.0 Å². The van der Waals surface area contributed by atoms with E-state index < -0.39 is 11.9 Å². The van der Waals surface area contributed by atoms with E-state index in [-0.39, 0.29) is 19.0 Å². The molecule has 8 heteroatoms. The highest BCUT2D eigenvalue weighted by Gasteiger charge is 2.23. The van der Waals surface area contributed by atoms with Crippen molar-refractivity contribution in [3.8, 4) is 11.5 Å². The molecule has 0 bridgehead atoms. The summed E-state index contributed by atoms with van der Waals surface area (Å²) in [5.41, 5.74) is 1.16. The summed E-state index contributed by atoms with van der Waals surface area (Å²) in [7, 11) is 1.57. The smallest absolute Gasteiger partial charge is 0.341 e. The molecule has 3 aromatic rings. The largest absolute Gasteiger partial charge is 0.493 e. The van der Waals surface area contributed by atoms with E-state index in [4.69, 9.17) is 18.6 Å². The van der Waals surface area contributed by atoms with Crippen molar-refractivity contribution in [2.75, 3.05) is 19.0 Å². The summed E-state index contributed by atoms with van der Waals surface area (Å²) >= 11 is 1.32. The highest BCUT2D eigenvalue weighted by Crippen LogP contribution is 2.33. The summed E-state index contributed by atoms with van der Waals surface area (Å²) in [4.78, 5) is 25.9. The van der Waals surface area contributed by atoms with Gasteiger partial charge in [-0.05, 0) is 50.6 Å². The van der Waals surface area contributed by atoms with Gasteiger partial charge in [-0.1, -0.05) is 12.1 Å². The first-order chi connectivity index (χ1) is 14.4. The standard InChI is InChI=1S/C22H23NO6S/c1-5-27-22(25)19-13(2)14(3)30-21(19)23-20(24)18-11-10-15(29-18)12-28-17-9-7-6-8-16(17)26-4/h6-11H,5,12H2,1-4H3,(H,23,24). The molecule has 0 saturated heterocycles. The Bertz CT molecular complexity index is 1050. The van der Waals surface area contributed by atoms with Crippen LogP contribution in [-0.2, 0) is 11.3 Å². The molecule has 1 N–H and O–H groups in total. The lowest BCUT2D eigenvalue weighted by Gasteiger charge is -2.08. The predicted molar refractivity (Wildman–Crippen MR) is 114 cm³/mol. The monoisotopic (exact) mass is 429 g/mol. The zero-order chi connectivity index (χ0) is 21.7. The minimum atomic E-state index is -0.458. The van der Waals surface area contributed by atoms with E-state index in [1.807, 2.05) is 26.0 Å². The number of esters is 1. The van der Waals surface area contributed by atoms with E-state index in [2.05, 4.69) is 5.32 Å². The molecule has 0 fully saturated rings. The molecule has 2 aromatic heterocycles. The molecule has 0 atom stereocenters. The van der Waals surface area contributed by atoms with Crippen LogP contribution in [0.4, 0.5) is 5.00 Å². The number of furan rings is 1. The van der Waals surface area contributed by atoms with Crippen molar-refractivity contribution >= 4 is 28.2 Å². The van der Waals surface area contributed by atoms with Gasteiger partial charge in [-0.2, -0.15) is 0 Å². The fourth-order valence-corrected chi connectivity index (χ4v) is 3.84. The van der Waals surface area contributed by atoms with Crippen molar-refractivity contribution in [2.24, 2.45) is 0 Å².